The lowest BCUT2D eigenvalue weighted by Gasteiger charge is -2.37. The molecule has 0 spiro atoms. The summed E-state index contributed by atoms with van der Waals surface area (Å²) in [5.74, 6) is -2.03. The molecule has 6 rings (SSSR count). The van der Waals surface area contributed by atoms with Crippen molar-refractivity contribution in [2.24, 2.45) is 5.92 Å². The van der Waals surface area contributed by atoms with E-state index in [0.717, 1.165) is 11.1 Å². The van der Waals surface area contributed by atoms with Gasteiger partial charge in [-0.1, -0.05) is 55.5 Å². The first-order valence-corrected chi connectivity index (χ1v) is 17.0. The topological polar surface area (TPSA) is 210 Å². The fourth-order valence-electron chi connectivity index (χ4n) is 7.10. The van der Waals surface area contributed by atoms with Gasteiger partial charge >= 0.3 is 0 Å². The van der Waals surface area contributed by atoms with Gasteiger partial charge in [-0.25, -0.2) is 0 Å². The number of aliphatic hydroxyl groups is 6. The van der Waals surface area contributed by atoms with Gasteiger partial charge in [0.1, 0.15) is 24.1 Å². The van der Waals surface area contributed by atoms with Gasteiger partial charge in [0, 0.05) is 30.1 Å². The largest absolute Gasteiger partial charge is 0.497 e. The lowest BCUT2D eigenvalue weighted by atomic mass is 9.82. The van der Waals surface area contributed by atoms with Crippen LogP contribution >= 0.6 is 0 Å². The lowest BCUT2D eigenvalue weighted by Crippen LogP contribution is -2.60. The molecular weight excluding hydrogens is 674 g/mol. The minimum Gasteiger partial charge on any atom is -0.497 e. The van der Waals surface area contributed by atoms with Gasteiger partial charge < -0.3 is 55.2 Å². The van der Waals surface area contributed by atoms with E-state index in [9.17, 15) is 45.0 Å². The van der Waals surface area contributed by atoms with Crippen LogP contribution in [0.1, 0.15) is 35.6 Å². The minimum absolute atomic E-state index is 0.00188. The number of hydrogen-bond acceptors (Lipinski definition) is 11. The van der Waals surface area contributed by atoms with Gasteiger partial charge in [0.15, 0.2) is 18.0 Å². The zero-order chi connectivity index (χ0) is 37.3. The van der Waals surface area contributed by atoms with Gasteiger partial charge in [-0.2, -0.15) is 0 Å². The summed E-state index contributed by atoms with van der Waals surface area (Å²) in [6.45, 7) is 1.88. The maximum Gasteiger partial charge on any atom is 0.264 e. The Morgan fingerprint density at radius 3 is 2.50 bits per heavy atom. The maximum absolute atomic E-state index is 14.2. The monoisotopic (exact) mass is 717 g/mol. The molecule has 0 aliphatic carbocycles. The van der Waals surface area contributed by atoms with Gasteiger partial charge in [0.2, 0.25) is 5.91 Å². The molecule has 0 unspecified atom stereocenters. The molecule has 3 aliphatic heterocycles. The van der Waals surface area contributed by atoms with E-state index >= 15 is 0 Å². The Kier molecular flexibility index (Phi) is 10.8. The van der Waals surface area contributed by atoms with E-state index in [1.54, 1.807) is 66.4 Å². The maximum atomic E-state index is 14.2. The summed E-state index contributed by atoms with van der Waals surface area (Å²) in [7, 11) is 1.48. The summed E-state index contributed by atoms with van der Waals surface area (Å²) >= 11 is 0. The lowest BCUT2D eigenvalue weighted by molar-refractivity contribution is -0.274. The van der Waals surface area contributed by atoms with Gasteiger partial charge in [0.25, 0.3) is 11.8 Å². The van der Waals surface area contributed by atoms with E-state index in [0.29, 0.717) is 35.5 Å². The average molecular weight is 718 g/mol. The molecule has 1 saturated heterocycles. The third-order valence-corrected chi connectivity index (χ3v) is 10.1. The molecule has 1 fully saturated rings. The predicted molar refractivity (Wildman–Crippen MR) is 187 cm³/mol. The summed E-state index contributed by atoms with van der Waals surface area (Å²) in [6, 6.07) is 18.9. The summed E-state index contributed by atoms with van der Waals surface area (Å²) in [5, 5.41) is 64.5. The number of nitrogens with one attached hydrogen (secondary N) is 1. The van der Waals surface area contributed by atoms with Crippen LogP contribution in [0.2, 0.25) is 0 Å². The van der Waals surface area contributed by atoms with Gasteiger partial charge in [0.05, 0.1) is 32.0 Å². The summed E-state index contributed by atoms with van der Waals surface area (Å²) in [6.07, 6.45) is -5.14. The number of anilines is 2. The van der Waals surface area contributed by atoms with Crippen LogP contribution in [0.15, 0.2) is 78.9 Å². The quantitative estimate of drug-likeness (QED) is 0.145. The number of rotatable bonds is 10. The van der Waals surface area contributed by atoms with Crippen LogP contribution in [0.5, 0.6) is 5.75 Å². The molecule has 3 aromatic rings. The fourth-order valence-corrected chi connectivity index (χ4v) is 7.10. The number of amides is 3. The molecule has 0 aromatic heterocycles. The standard InChI is InChI=1S/C38H43N3O11/c1-21(7-5-12-30(43)40-19-24-10-4-3-9-23(24)16-26(40)20-42)38(50)28-17-27(51-2)13-14-29(28)41(37(38)49)18-22-8-6-11-25(15-22)39-35(47)34-32(45)31(44)33(46)36(48)52-34/h3-11,13-15,17,21,26,31-34,36,42,44-46,48,50H,12,16,18-20H2,1-2H3,(H,39,47)/b7-5+/t21-,26+,31+,32+,33-,34+,36-,38+/m1/s1. The highest BCUT2D eigenvalue weighted by atomic mass is 16.6. The molecule has 276 valence electrons. The zero-order valence-electron chi connectivity index (χ0n) is 28.7. The molecule has 3 aliphatic rings. The third kappa shape index (κ3) is 6.94. The van der Waals surface area contributed by atoms with Crippen LogP contribution in [-0.4, -0.2) is 104 Å². The number of fused-ring (bicyclic) bond motifs is 2. The SMILES string of the molecule is COc1ccc2c(c1)[C@@](O)([C@H](C)/C=C/CC(=O)N1Cc3ccccc3C[C@H]1CO)C(=O)N2Cc1cccc(NC(=O)[C@H]2O[C@@H](O)[C@H](O)[C@@H](O)[C@@H]2O)c1. The number of methoxy groups -OCH3 is 1. The van der Waals surface area contributed by atoms with Crippen molar-refractivity contribution in [1.29, 1.82) is 0 Å². The van der Waals surface area contributed by atoms with Crippen LogP contribution in [0.25, 0.3) is 0 Å². The smallest absolute Gasteiger partial charge is 0.264 e. The predicted octanol–water partition coefficient (Wildman–Crippen LogP) is 0.696. The molecule has 8 atom stereocenters. The van der Waals surface area contributed by atoms with E-state index < -0.39 is 54.0 Å². The highest BCUT2D eigenvalue weighted by molar-refractivity contribution is 6.07. The number of aliphatic hydroxyl groups excluding tert-OH is 5. The molecule has 0 radical (unpaired) electrons. The molecule has 3 aromatic carbocycles. The molecule has 14 nitrogen and oxygen atoms in total. The van der Waals surface area contributed by atoms with Crippen LogP contribution in [0, 0.1) is 5.92 Å². The van der Waals surface area contributed by atoms with Gasteiger partial charge in [-0.15, -0.1) is 0 Å². The van der Waals surface area contributed by atoms with Crippen molar-refractivity contribution in [3.05, 3.63) is 101 Å². The normalized spacial score (nSPS) is 27.7. The number of hydrogen-bond donors (Lipinski definition) is 7. The van der Waals surface area contributed by atoms with E-state index in [-0.39, 0.29) is 37.2 Å². The van der Waals surface area contributed by atoms with Crippen molar-refractivity contribution in [2.45, 2.75) is 75.2 Å². The van der Waals surface area contributed by atoms with Crippen LogP contribution < -0.4 is 15.0 Å². The van der Waals surface area contributed by atoms with E-state index in [1.165, 1.54) is 12.0 Å². The first-order chi connectivity index (χ1) is 24.9. The Morgan fingerprint density at radius 1 is 1.02 bits per heavy atom. The van der Waals surface area contributed by atoms with Crippen molar-refractivity contribution in [2.75, 3.05) is 23.9 Å². The van der Waals surface area contributed by atoms with E-state index in [1.807, 2.05) is 24.3 Å². The first kappa shape index (κ1) is 37.1. The Hall–Kier alpha value is -4.67. The van der Waals surface area contributed by atoms with Gasteiger partial charge in [-0.3, -0.25) is 14.4 Å². The highest BCUT2D eigenvalue weighted by Crippen LogP contribution is 2.47. The molecule has 0 bridgehead atoms. The summed E-state index contributed by atoms with van der Waals surface area (Å²) in [5.41, 5.74) is 1.69. The van der Waals surface area contributed by atoms with Crippen LogP contribution in [-0.2, 0) is 44.2 Å². The Bertz CT molecular complexity index is 1850. The van der Waals surface area contributed by atoms with E-state index in [4.69, 9.17) is 9.47 Å². The molecule has 7 N–H and O–H groups in total. The number of nitrogens with zero attached hydrogens (tertiary/aromatic N) is 2. The van der Waals surface area contributed by atoms with Crippen molar-refractivity contribution < 1.29 is 54.5 Å². The molecule has 3 heterocycles. The average Bonchev–Trinajstić information content (AvgIpc) is 3.36. The van der Waals surface area contributed by atoms with E-state index in [2.05, 4.69) is 5.32 Å². The number of carbonyl (C=O) groups is 3. The Balaban J connectivity index is 1.18. The summed E-state index contributed by atoms with van der Waals surface area (Å²) in [4.78, 5) is 43.5. The summed E-state index contributed by atoms with van der Waals surface area (Å²) < 4.78 is 10.4. The Labute approximate surface area is 300 Å². The molecule has 3 amide bonds. The molecule has 0 saturated carbocycles. The second kappa shape index (κ2) is 15.1. The van der Waals surface area contributed by atoms with Crippen molar-refractivity contribution >= 4 is 29.1 Å². The van der Waals surface area contributed by atoms with Crippen molar-refractivity contribution in [3.63, 3.8) is 0 Å². The zero-order valence-corrected chi connectivity index (χ0v) is 28.7. The first-order valence-electron chi connectivity index (χ1n) is 17.0. The second-order valence-electron chi connectivity index (χ2n) is 13.4. The fraction of sp³-hybridized carbons (Fsp3) is 0.395. The molecule has 14 heteroatoms. The minimum atomic E-state index is -2.02. The molecular formula is C38H43N3O11. The second-order valence-corrected chi connectivity index (χ2v) is 13.4. The van der Waals surface area contributed by atoms with Gasteiger partial charge in [-0.05, 0) is 53.4 Å². The number of carbonyl (C=O) groups excluding carboxylic acids is 3. The third-order valence-electron chi connectivity index (χ3n) is 10.1. The number of benzene rings is 3. The highest BCUT2D eigenvalue weighted by Gasteiger charge is 2.53. The number of ether oxygens (including phenoxy) is 2. The van der Waals surface area contributed by atoms with Crippen molar-refractivity contribution in [1.82, 2.24) is 4.90 Å². The Morgan fingerprint density at radius 2 is 1.77 bits per heavy atom. The van der Waals surface area contributed by atoms with Crippen LogP contribution in [0.3, 0.4) is 0 Å². The van der Waals surface area contributed by atoms with Crippen LogP contribution in [0.4, 0.5) is 11.4 Å². The van der Waals surface area contributed by atoms with Crippen molar-refractivity contribution in [3.8, 4) is 5.75 Å². The molecule has 52 heavy (non-hydrogen) atoms.